The Bertz CT molecular complexity index is 870. The molecule has 0 heterocycles. The molecule has 0 radical (unpaired) electrons. The van der Waals surface area contributed by atoms with E-state index in [9.17, 15) is 0 Å². The molecule has 0 bridgehead atoms. The second kappa shape index (κ2) is 11.0. The zero-order chi connectivity index (χ0) is 21.3. The van der Waals surface area contributed by atoms with E-state index < -0.39 is 0 Å². The van der Waals surface area contributed by atoms with Gasteiger partial charge in [-0.25, -0.2) is 0 Å². The van der Waals surface area contributed by atoms with Crippen LogP contribution < -0.4 is 21.3 Å². The molecule has 1 aliphatic carbocycles. The molecule has 1 aliphatic rings. The SMILES string of the molecule is CC(C)Nc1cccccc1=N[C@@H]1CCCC[C@H]1N=c1cccccc1NC(C)C. The predicted molar refractivity (Wildman–Crippen MR) is 128 cm³/mol. The molecule has 0 aliphatic heterocycles. The van der Waals surface area contributed by atoms with Gasteiger partial charge in [0.1, 0.15) is 0 Å². The van der Waals surface area contributed by atoms with Gasteiger partial charge in [-0.2, -0.15) is 0 Å². The lowest BCUT2D eigenvalue weighted by atomic mass is 9.91. The third-order valence-corrected chi connectivity index (χ3v) is 5.22. The van der Waals surface area contributed by atoms with E-state index in [1.807, 2.05) is 0 Å². The van der Waals surface area contributed by atoms with Crippen LogP contribution in [0.5, 0.6) is 0 Å². The van der Waals surface area contributed by atoms with Crippen LogP contribution in [0.25, 0.3) is 0 Å². The van der Waals surface area contributed by atoms with Crippen LogP contribution in [0.2, 0.25) is 0 Å². The van der Waals surface area contributed by atoms with Crippen LogP contribution in [0, 0.1) is 0 Å². The largest absolute Gasteiger partial charge is 0.381 e. The van der Waals surface area contributed by atoms with E-state index >= 15 is 0 Å². The van der Waals surface area contributed by atoms with Crippen LogP contribution in [-0.4, -0.2) is 24.2 Å². The lowest BCUT2D eigenvalue weighted by Gasteiger charge is -2.26. The number of hydrogen-bond donors (Lipinski definition) is 2. The summed E-state index contributed by atoms with van der Waals surface area (Å²) in [6.45, 7) is 8.64. The van der Waals surface area contributed by atoms with Gasteiger partial charge in [-0.05, 0) is 64.8 Å². The number of hydrogen-bond acceptors (Lipinski definition) is 4. The fourth-order valence-corrected chi connectivity index (χ4v) is 3.92. The predicted octanol–water partition coefficient (Wildman–Crippen LogP) is 5.14. The average Bonchev–Trinajstić information content (AvgIpc) is 3.04. The molecule has 2 atom stereocenters. The lowest BCUT2D eigenvalue weighted by molar-refractivity contribution is 0.378. The second-order valence-corrected chi connectivity index (χ2v) is 8.69. The molecule has 0 aromatic heterocycles. The first-order valence-corrected chi connectivity index (χ1v) is 11.3. The molecule has 2 aromatic carbocycles. The summed E-state index contributed by atoms with van der Waals surface area (Å²) >= 11 is 0. The van der Waals surface area contributed by atoms with Gasteiger partial charge < -0.3 is 10.6 Å². The van der Waals surface area contributed by atoms with Crippen LogP contribution in [0.15, 0.2) is 70.6 Å². The van der Waals surface area contributed by atoms with Gasteiger partial charge in [0, 0.05) is 12.1 Å². The van der Waals surface area contributed by atoms with Crippen molar-refractivity contribution in [3.05, 3.63) is 71.4 Å². The van der Waals surface area contributed by atoms with Crippen molar-refractivity contribution in [3.8, 4) is 0 Å². The monoisotopic (exact) mass is 404 g/mol. The van der Waals surface area contributed by atoms with Crippen molar-refractivity contribution in [3.63, 3.8) is 0 Å². The molecular weight excluding hydrogens is 368 g/mol. The molecule has 4 heteroatoms. The quantitative estimate of drug-likeness (QED) is 0.700. The van der Waals surface area contributed by atoms with E-state index in [1.165, 1.54) is 12.8 Å². The smallest absolute Gasteiger partial charge is 0.0810 e. The van der Waals surface area contributed by atoms with Crippen molar-refractivity contribution in [1.82, 2.24) is 0 Å². The highest BCUT2D eigenvalue weighted by Crippen LogP contribution is 2.24. The fraction of sp³-hybridized carbons (Fsp3) is 0.462. The summed E-state index contributed by atoms with van der Waals surface area (Å²) in [7, 11) is 0. The third kappa shape index (κ3) is 6.45. The maximum atomic E-state index is 5.22. The van der Waals surface area contributed by atoms with Gasteiger partial charge in [-0.15, -0.1) is 0 Å². The van der Waals surface area contributed by atoms with Gasteiger partial charge >= 0.3 is 0 Å². The van der Waals surface area contributed by atoms with Gasteiger partial charge in [0.05, 0.1) is 34.2 Å². The maximum absolute atomic E-state index is 5.22. The molecule has 2 N–H and O–H groups in total. The molecule has 0 amide bonds. The Morgan fingerprint density at radius 3 is 1.43 bits per heavy atom. The lowest BCUT2D eigenvalue weighted by Crippen LogP contribution is -2.31. The summed E-state index contributed by atoms with van der Waals surface area (Å²) in [6.07, 6.45) is 4.59. The van der Waals surface area contributed by atoms with Gasteiger partial charge in [0.15, 0.2) is 0 Å². The first kappa shape index (κ1) is 22.1. The molecule has 0 spiro atoms. The summed E-state index contributed by atoms with van der Waals surface area (Å²) in [5.41, 5.74) is 2.18. The first-order valence-electron chi connectivity index (χ1n) is 11.3. The molecule has 4 nitrogen and oxygen atoms in total. The van der Waals surface area contributed by atoms with Gasteiger partial charge in [-0.1, -0.05) is 49.2 Å². The summed E-state index contributed by atoms with van der Waals surface area (Å²) in [4.78, 5) is 10.4. The van der Waals surface area contributed by atoms with E-state index in [-0.39, 0.29) is 12.1 Å². The Balaban J connectivity index is 2.03. The number of anilines is 2. The Hall–Kier alpha value is -2.62. The van der Waals surface area contributed by atoms with E-state index in [2.05, 4.69) is 99.0 Å². The standard InChI is InChI=1S/C26H36N4/c1-19(2)27-21-13-7-5-9-15-23(21)29-25-17-11-12-18-26(25)30-24-16-10-6-8-14-22(24)28-20(3)4/h5-10,13-16,19-20,25-26H,11-12,17-18H2,1-4H3,(H,27,29)(H,28,30)/t25-,26-/m1/s1. The summed E-state index contributed by atoms with van der Waals surface area (Å²) < 4.78 is 0. The maximum Gasteiger partial charge on any atom is 0.0810 e. The molecule has 1 fully saturated rings. The van der Waals surface area contributed by atoms with Gasteiger partial charge in [0.25, 0.3) is 0 Å². The Morgan fingerprint density at radius 2 is 1.03 bits per heavy atom. The Labute approximate surface area is 181 Å². The highest BCUT2D eigenvalue weighted by molar-refractivity contribution is 5.43. The Morgan fingerprint density at radius 1 is 0.633 bits per heavy atom. The van der Waals surface area contributed by atoms with Crippen LogP contribution in [-0.2, 0) is 0 Å². The molecule has 0 saturated heterocycles. The zero-order valence-electron chi connectivity index (χ0n) is 18.8. The molecule has 30 heavy (non-hydrogen) atoms. The van der Waals surface area contributed by atoms with E-state index in [4.69, 9.17) is 9.98 Å². The van der Waals surface area contributed by atoms with Crippen molar-refractivity contribution < 1.29 is 0 Å². The van der Waals surface area contributed by atoms with Crippen LogP contribution in [0.4, 0.5) is 11.4 Å². The molecule has 1 saturated carbocycles. The molecule has 0 unspecified atom stereocenters. The highest BCUT2D eigenvalue weighted by atomic mass is 15.0. The minimum absolute atomic E-state index is 0.200. The fourth-order valence-electron chi connectivity index (χ4n) is 3.92. The minimum Gasteiger partial charge on any atom is -0.381 e. The molecule has 160 valence electrons. The van der Waals surface area contributed by atoms with Gasteiger partial charge in [-0.3, -0.25) is 9.98 Å². The van der Waals surface area contributed by atoms with Crippen molar-refractivity contribution in [2.45, 2.75) is 77.5 Å². The van der Waals surface area contributed by atoms with E-state index in [0.29, 0.717) is 12.1 Å². The number of nitrogens with zero attached hydrogens (tertiary/aromatic N) is 2. The zero-order valence-corrected chi connectivity index (χ0v) is 18.8. The topological polar surface area (TPSA) is 48.8 Å². The number of nitrogens with one attached hydrogen (secondary N) is 2. The van der Waals surface area contributed by atoms with Crippen molar-refractivity contribution in [2.75, 3.05) is 10.6 Å². The highest BCUT2D eigenvalue weighted by Gasteiger charge is 2.24. The normalized spacial score (nSPS) is 20.5. The van der Waals surface area contributed by atoms with Crippen LogP contribution in [0.1, 0.15) is 53.4 Å². The van der Waals surface area contributed by atoms with Crippen LogP contribution in [0.3, 0.4) is 0 Å². The molecular formula is C26H36N4. The van der Waals surface area contributed by atoms with E-state index in [1.54, 1.807) is 0 Å². The average molecular weight is 405 g/mol. The molecule has 3 rings (SSSR count). The first-order chi connectivity index (χ1) is 14.5. The summed E-state index contributed by atoms with van der Waals surface area (Å²) in [5, 5.41) is 9.15. The summed E-state index contributed by atoms with van der Waals surface area (Å²) in [5.74, 6) is 0. The number of rotatable bonds is 6. The van der Waals surface area contributed by atoms with Crippen molar-refractivity contribution in [1.29, 1.82) is 0 Å². The Kier molecular flexibility index (Phi) is 8.06. The third-order valence-electron chi connectivity index (χ3n) is 5.22. The van der Waals surface area contributed by atoms with Crippen molar-refractivity contribution in [2.24, 2.45) is 9.98 Å². The van der Waals surface area contributed by atoms with Gasteiger partial charge in [0.2, 0.25) is 0 Å². The summed E-state index contributed by atoms with van der Waals surface area (Å²) in [6, 6.07) is 22.0. The second-order valence-electron chi connectivity index (χ2n) is 8.69. The van der Waals surface area contributed by atoms with Crippen LogP contribution >= 0.6 is 0 Å². The van der Waals surface area contributed by atoms with Crippen molar-refractivity contribution >= 4 is 11.4 Å². The van der Waals surface area contributed by atoms with E-state index in [0.717, 1.165) is 34.9 Å². The molecule has 2 aromatic rings. The minimum atomic E-state index is 0.200.